The Kier molecular flexibility index (Phi) is 2.15. The summed E-state index contributed by atoms with van der Waals surface area (Å²) >= 11 is 1.57. The van der Waals surface area contributed by atoms with Crippen molar-refractivity contribution in [3.05, 3.63) is 41.9 Å². The fraction of sp³-hybridized carbons (Fsp3) is 0. The van der Waals surface area contributed by atoms with Gasteiger partial charge in [0.15, 0.2) is 5.69 Å². The van der Waals surface area contributed by atoms with Crippen molar-refractivity contribution in [3.8, 4) is 10.4 Å². The van der Waals surface area contributed by atoms with E-state index < -0.39 is 5.97 Å². The molecule has 17 heavy (non-hydrogen) atoms. The summed E-state index contributed by atoms with van der Waals surface area (Å²) in [6.45, 7) is 0. The van der Waals surface area contributed by atoms with E-state index in [4.69, 9.17) is 5.11 Å². The minimum absolute atomic E-state index is 0.0239. The van der Waals surface area contributed by atoms with Gasteiger partial charge in [-0.1, -0.05) is 6.07 Å². The molecule has 3 rings (SSSR count). The van der Waals surface area contributed by atoms with Crippen molar-refractivity contribution in [1.29, 1.82) is 0 Å². The molecule has 0 bridgehead atoms. The summed E-state index contributed by atoms with van der Waals surface area (Å²) in [5.74, 6) is -1.04. The number of carbonyl (C=O) groups is 1. The third kappa shape index (κ3) is 1.58. The van der Waals surface area contributed by atoms with Gasteiger partial charge in [-0.25, -0.2) is 14.8 Å². The lowest BCUT2D eigenvalue weighted by Crippen LogP contribution is -1.95. The Balaban J connectivity index is 2.29. The zero-order valence-corrected chi connectivity index (χ0v) is 9.39. The van der Waals surface area contributed by atoms with Crippen LogP contribution in [-0.4, -0.2) is 25.4 Å². The molecule has 3 heterocycles. The van der Waals surface area contributed by atoms with E-state index in [0.717, 1.165) is 10.4 Å². The van der Waals surface area contributed by atoms with Crippen LogP contribution in [0.15, 0.2) is 36.2 Å². The largest absolute Gasteiger partial charge is 0.476 e. The van der Waals surface area contributed by atoms with E-state index in [0.29, 0.717) is 5.65 Å². The molecule has 0 atom stereocenters. The van der Waals surface area contributed by atoms with Gasteiger partial charge in [0.2, 0.25) is 0 Å². The summed E-state index contributed by atoms with van der Waals surface area (Å²) in [6, 6.07) is 3.89. The van der Waals surface area contributed by atoms with Crippen LogP contribution in [0.25, 0.3) is 16.1 Å². The predicted molar refractivity (Wildman–Crippen MR) is 63.3 cm³/mol. The molecular formula is C11H7N3O2S. The molecular weight excluding hydrogens is 238 g/mol. The van der Waals surface area contributed by atoms with Gasteiger partial charge in [-0.3, -0.25) is 4.40 Å². The number of rotatable bonds is 2. The SMILES string of the molecule is O=C(O)c1cn2cncc(-c3cccs3)c2n1. The fourth-order valence-corrected chi connectivity index (χ4v) is 2.36. The molecule has 6 heteroatoms. The third-order valence-corrected chi connectivity index (χ3v) is 3.28. The van der Waals surface area contributed by atoms with Crippen LogP contribution < -0.4 is 0 Å². The molecule has 0 aliphatic heterocycles. The van der Waals surface area contributed by atoms with Crippen LogP contribution in [0, 0.1) is 0 Å². The molecule has 0 aromatic carbocycles. The van der Waals surface area contributed by atoms with Gasteiger partial charge in [-0.2, -0.15) is 0 Å². The van der Waals surface area contributed by atoms with Crippen molar-refractivity contribution >= 4 is 23.0 Å². The molecule has 0 unspecified atom stereocenters. The second-order valence-electron chi connectivity index (χ2n) is 3.45. The highest BCUT2D eigenvalue weighted by Crippen LogP contribution is 2.27. The Labute approximate surface area is 100 Å². The van der Waals surface area contributed by atoms with Crippen LogP contribution in [0.4, 0.5) is 0 Å². The minimum atomic E-state index is -1.04. The molecule has 0 saturated heterocycles. The van der Waals surface area contributed by atoms with Crippen molar-refractivity contribution in [1.82, 2.24) is 14.4 Å². The predicted octanol–water partition coefficient (Wildman–Crippen LogP) is 2.16. The van der Waals surface area contributed by atoms with Gasteiger partial charge in [-0.15, -0.1) is 11.3 Å². The number of thiophene rings is 1. The molecule has 3 aromatic heterocycles. The molecule has 3 aromatic rings. The van der Waals surface area contributed by atoms with E-state index in [2.05, 4.69) is 9.97 Å². The monoisotopic (exact) mass is 245 g/mol. The lowest BCUT2D eigenvalue weighted by Gasteiger charge is -1.98. The quantitative estimate of drug-likeness (QED) is 0.751. The third-order valence-electron chi connectivity index (χ3n) is 2.37. The van der Waals surface area contributed by atoms with Gasteiger partial charge in [0.1, 0.15) is 12.0 Å². The number of fused-ring (bicyclic) bond motifs is 1. The first kappa shape index (κ1) is 9.98. The second kappa shape index (κ2) is 3.67. The molecule has 0 aliphatic carbocycles. The summed E-state index contributed by atoms with van der Waals surface area (Å²) in [6.07, 6.45) is 4.70. The normalized spacial score (nSPS) is 10.8. The van der Waals surface area contributed by atoms with E-state index in [9.17, 15) is 4.79 Å². The van der Waals surface area contributed by atoms with Gasteiger partial charge < -0.3 is 5.11 Å². The zero-order chi connectivity index (χ0) is 11.8. The average Bonchev–Trinajstić information content (AvgIpc) is 2.97. The maximum absolute atomic E-state index is 10.9. The Morgan fingerprint density at radius 3 is 3.06 bits per heavy atom. The maximum Gasteiger partial charge on any atom is 0.356 e. The van der Waals surface area contributed by atoms with Crippen LogP contribution in [-0.2, 0) is 0 Å². The molecule has 0 spiro atoms. The van der Waals surface area contributed by atoms with Crippen molar-refractivity contribution in [2.45, 2.75) is 0 Å². The Morgan fingerprint density at radius 2 is 2.35 bits per heavy atom. The smallest absolute Gasteiger partial charge is 0.356 e. The number of carboxylic acid groups (broad SMARTS) is 1. The highest BCUT2D eigenvalue weighted by Gasteiger charge is 2.12. The summed E-state index contributed by atoms with van der Waals surface area (Å²) in [7, 11) is 0. The number of nitrogens with zero attached hydrogens (tertiary/aromatic N) is 3. The lowest BCUT2D eigenvalue weighted by atomic mass is 10.3. The number of carboxylic acids is 1. The number of aromatic carboxylic acids is 1. The Hall–Kier alpha value is -2.21. The van der Waals surface area contributed by atoms with E-state index in [-0.39, 0.29) is 5.69 Å². The molecule has 0 aliphatic rings. The summed E-state index contributed by atoms with van der Waals surface area (Å²) < 4.78 is 1.62. The Bertz CT molecular complexity index is 688. The Morgan fingerprint density at radius 1 is 1.47 bits per heavy atom. The van der Waals surface area contributed by atoms with E-state index in [1.54, 1.807) is 28.3 Å². The highest BCUT2D eigenvalue weighted by molar-refractivity contribution is 7.13. The molecule has 0 saturated carbocycles. The molecule has 1 N–H and O–H groups in total. The number of aromatic nitrogens is 3. The minimum Gasteiger partial charge on any atom is -0.476 e. The molecule has 5 nitrogen and oxygen atoms in total. The van der Waals surface area contributed by atoms with Gasteiger partial charge in [0.05, 0.1) is 5.56 Å². The number of hydrogen-bond donors (Lipinski definition) is 1. The maximum atomic E-state index is 10.9. The van der Waals surface area contributed by atoms with Crippen LogP contribution in [0.2, 0.25) is 0 Å². The summed E-state index contributed by atoms with van der Waals surface area (Å²) in [4.78, 5) is 20.1. The highest BCUT2D eigenvalue weighted by atomic mass is 32.1. The number of imidazole rings is 1. The van der Waals surface area contributed by atoms with Crippen molar-refractivity contribution in [2.24, 2.45) is 0 Å². The van der Waals surface area contributed by atoms with Crippen LogP contribution in [0.5, 0.6) is 0 Å². The van der Waals surface area contributed by atoms with Crippen molar-refractivity contribution in [2.75, 3.05) is 0 Å². The second-order valence-corrected chi connectivity index (χ2v) is 4.39. The first-order valence-corrected chi connectivity index (χ1v) is 5.73. The average molecular weight is 245 g/mol. The zero-order valence-electron chi connectivity index (χ0n) is 8.57. The van der Waals surface area contributed by atoms with Crippen LogP contribution >= 0.6 is 11.3 Å². The molecule has 0 radical (unpaired) electrons. The van der Waals surface area contributed by atoms with Gasteiger partial charge >= 0.3 is 5.97 Å². The summed E-state index contributed by atoms with van der Waals surface area (Å²) in [5, 5.41) is 10.9. The van der Waals surface area contributed by atoms with E-state index in [1.165, 1.54) is 6.20 Å². The summed E-state index contributed by atoms with van der Waals surface area (Å²) in [5.41, 5.74) is 1.48. The molecule has 0 fully saturated rings. The van der Waals surface area contributed by atoms with Gasteiger partial charge in [-0.05, 0) is 11.4 Å². The van der Waals surface area contributed by atoms with E-state index in [1.807, 2.05) is 17.5 Å². The number of hydrogen-bond acceptors (Lipinski definition) is 4. The first-order chi connectivity index (χ1) is 8.25. The van der Waals surface area contributed by atoms with E-state index >= 15 is 0 Å². The first-order valence-electron chi connectivity index (χ1n) is 4.85. The van der Waals surface area contributed by atoms with Crippen molar-refractivity contribution < 1.29 is 9.90 Å². The van der Waals surface area contributed by atoms with Gasteiger partial charge in [0.25, 0.3) is 0 Å². The molecule has 84 valence electrons. The lowest BCUT2D eigenvalue weighted by molar-refractivity contribution is 0.0691. The van der Waals surface area contributed by atoms with Gasteiger partial charge in [0, 0.05) is 17.3 Å². The standard InChI is InChI=1S/C11H7N3O2S/c15-11(16)8-5-14-6-12-4-7(10(14)13-8)9-2-1-3-17-9/h1-6H,(H,15,16). The van der Waals surface area contributed by atoms with Crippen molar-refractivity contribution in [3.63, 3.8) is 0 Å². The van der Waals surface area contributed by atoms with Crippen LogP contribution in [0.3, 0.4) is 0 Å². The molecule has 0 amide bonds. The topological polar surface area (TPSA) is 67.5 Å². The fourth-order valence-electron chi connectivity index (χ4n) is 1.63. The van der Waals surface area contributed by atoms with Crippen LogP contribution in [0.1, 0.15) is 10.5 Å².